The molecule has 0 spiro atoms. The number of hydrogen-bond acceptors (Lipinski definition) is 7. The highest BCUT2D eigenvalue weighted by atomic mass is 32.3. The quantitative estimate of drug-likeness (QED) is 0.118. The van der Waals surface area contributed by atoms with Gasteiger partial charge in [0, 0.05) is 6.42 Å². The molecule has 1 rings (SSSR count). The van der Waals surface area contributed by atoms with Crippen LogP contribution in [0.15, 0.2) is 24.3 Å². The first-order chi connectivity index (χ1) is 15.9. The standard InChI is InChI=1S/C23H38O6S.C2H6S/c1-3-4-5-6-7-8-9-10-11-12-13-14-15-16-23(24)28-21-17-19-22(20-18-21)29-30(25,26)27-2;1-3-2/h17-20H,3-16H2,1-2H3;1-2H3. The summed E-state index contributed by atoms with van der Waals surface area (Å²) in [5, 5.41) is 0. The van der Waals surface area contributed by atoms with Crippen LogP contribution in [-0.4, -0.2) is 34.0 Å². The van der Waals surface area contributed by atoms with Gasteiger partial charge in [-0.2, -0.15) is 20.2 Å². The van der Waals surface area contributed by atoms with E-state index in [0.29, 0.717) is 12.2 Å². The predicted molar refractivity (Wildman–Crippen MR) is 138 cm³/mol. The zero-order valence-electron chi connectivity index (χ0n) is 21.0. The molecule has 0 saturated carbocycles. The molecule has 1 aromatic rings. The molecule has 0 aromatic heterocycles. The molecule has 0 bridgehead atoms. The molecule has 33 heavy (non-hydrogen) atoms. The van der Waals surface area contributed by atoms with Crippen molar-refractivity contribution >= 4 is 28.1 Å². The van der Waals surface area contributed by atoms with Gasteiger partial charge in [0.2, 0.25) is 0 Å². The van der Waals surface area contributed by atoms with Gasteiger partial charge in [-0.05, 0) is 43.2 Å². The minimum Gasteiger partial charge on any atom is -0.427 e. The molecule has 6 nitrogen and oxygen atoms in total. The van der Waals surface area contributed by atoms with E-state index in [1.165, 1.54) is 88.5 Å². The summed E-state index contributed by atoms with van der Waals surface area (Å²) in [4.78, 5) is 11.9. The van der Waals surface area contributed by atoms with Gasteiger partial charge in [0.15, 0.2) is 0 Å². The summed E-state index contributed by atoms with van der Waals surface area (Å²) in [6, 6.07) is 5.79. The average molecular weight is 505 g/mol. The zero-order valence-corrected chi connectivity index (χ0v) is 22.6. The molecule has 0 aliphatic carbocycles. The Labute approximate surface area is 206 Å². The number of carbonyl (C=O) groups excluding carboxylic acids is 1. The van der Waals surface area contributed by atoms with Crippen LogP contribution in [0.3, 0.4) is 0 Å². The number of benzene rings is 1. The molecule has 8 heteroatoms. The van der Waals surface area contributed by atoms with E-state index in [0.717, 1.165) is 26.4 Å². The highest BCUT2D eigenvalue weighted by Gasteiger charge is 2.11. The van der Waals surface area contributed by atoms with Crippen molar-refractivity contribution in [3.63, 3.8) is 0 Å². The van der Waals surface area contributed by atoms with Crippen LogP contribution in [0.4, 0.5) is 0 Å². The van der Waals surface area contributed by atoms with Gasteiger partial charge in [-0.25, -0.2) is 4.18 Å². The molecule has 192 valence electrons. The van der Waals surface area contributed by atoms with E-state index in [2.05, 4.69) is 15.3 Å². The number of ether oxygens (including phenoxy) is 1. The van der Waals surface area contributed by atoms with Crippen molar-refractivity contribution in [1.82, 2.24) is 0 Å². The van der Waals surface area contributed by atoms with Gasteiger partial charge in [-0.15, -0.1) is 0 Å². The summed E-state index contributed by atoms with van der Waals surface area (Å²) < 4.78 is 36.6. The first-order valence-electron chi connectivity index (χ1n) is 12.1. The minimum atomic E-state index is -4.05. The largest absolute Gasteiger partial charge is 0.448 e. The van der Waals surface area contributed by atoms with Gasteiger partial charge in [0.05, 0.1) is 7.11 Å². The van der Waals surface area contributed by atoms with E-state index in [-0.39, 0.29) is 11.7 Å². The number of thioether (sulfide) groups is 1. The topological polar surface area (TPSA) is 78.9 Å². The Morgan fingerprint density at radius 3 is 1.58 bits per heavy atom. The van der Waals surface area contributed by atoms with E-state index in [1.807, 2.05) is 12.5 Å². The lowest BCUT2D eigenvalue weighted by Gasteiger charge is -2.07. The third-order valence-electron chi connectivity index (χ3n) is 4.94. The molecule has 0 fully saturated rings. The van der Waals surface area contributed by atoms with Crippen LogP contribution in [0, 0.1) is 0 Å². The molecule has 0 unspecified atom stereocenters. The lowest BCUT2D eigenvalue weighted by atomic mass is 10.0. The first-order valence-corrected chi connectivity index (χ1v) is 15.1. The van der Waals surface area contributed by atoms with Gasteiger partial charge >= 0.3 is 16.4 Å². The molecule has 0 saturated heterocycles. The lowest BCUT2D eigenvalue weighted by molar-refractivity contribution is -0.134. The highest BCUT2D eigenvalue weighted by molar-refractivity contribution is 7.97. The van der Waals surface area contributed by atoms with Crippen LogP contribution in [-0.2, 0) is 19.4 Å². The summed E-state index contributed by atoms with van der Waals surface area (Å²) in [6.07, 6.45) is 20.9. The third-order valence-corrected chi connectivity index (χ3v) is 5.75. The minimum absolute atomic E-state index is 0.0909. The van der Waals surface area contributed by atoms with Crippen molar-refractivity contribution in [2.45, 2.75) is 96.8 Å². The van der Waals surface area contributed by atoms with Crippen LogP contribution in [0.2, 0.25) is 0 Å². The highest BCUT2D eigenvalue weighted by Crippen LogP contribution is 2.20. The Balaban J connectivity index is 0.00000322. The van der Waals surface area contributed by atoms with Crippen molar-refractivity contribution in [3.05, 3.63) is 24.3 Å². The lowest BCUT2D eigenvalue weighted by Crippen LogP contribution is -2.10. The SMILES string of the molecule is CCCCCCCCCCCCCCCC(=O)Oc1ccc(OS(=O)(=O)OC)cc1.CSC. The van der Waals surface area contributed by atoms with Crippen LogP contribution >= 0.6 is 11.8 Å². The maximum atomic E-state index is 11.9. The molecule has 1 aromatic carbocycles. The molecule has 0 aliphatic rings. The van der Waals surface area contributed by atoms with Crippen LogP contribution < -0.4 is 8.92 Å². The molecule has 0 aliphatic heterocycles. The number of hydrogen-bond donors (Lipinski definition) is 0. The van der Waals surface area contributed by atoms with Crippen LogP contribution in [0.5, 0.6) is 11.5 Å². The number of unbranched alkanes of at least 4 members (excludes halogenated alkanes) is 12. The van der Waals surface area contributed by atoms with E-state index >= 15 is 0 Å². The van der Waals surface area contributed by atoms with Gasteiger partial charge in [0.25, 0.3) is 0 Å². The van der Waals surface area contributed by atoms with Crippen molar-refractivity contribution in [2.24, 2.45) is 0 Å². The Kier molecular flexibility index (Phi) is 20.5. The van der Waals surface area contributed by atoms with E-state index in [4.69, 9.17) is 4.74 Å². The third kappa shape index (κ3) is 19.9. The van der Waals surface area contributed by atoms with Crippen LogP contribution in [0.1, 0.15) is 96.8 Å². The van der Waals surface area contributed by atoms with E-state index < -0.39 is 10.4 Å². The Morgan fingerprint density at radius 2 is 1.15 bits per heavy atom. The molecule has 0 heterocycles. The van der Waals surface area contributed by atoms with Crippen molar-refractivity contribution < 1.29 is 26.3 Å². The maximum absolute atomic E-state index is 11.9. The molecular formula is C25H44O6S2. The van der Waals surface area contributed by atoms with E-state index in [9.17, 15) is 13.2 Å². The van der Waals surface area contributed by atoms with Crippen molar-refractivity contribution in [3.8, 4) is 11.5 Å². The zero-order chi connectivity index (χ0) is 24.8. The fraction of sp³-hybridized carbons (Fsp3) is 0.720. The Hall–Kier alpha value is -1.25. The summed E-state index contributed by atoms with van der Waals surface area (Å²) in [7, 11) is -3.03. The molecular weight excluding hydrogens is 460 g/mol. The van der Waals surface area contributed by atoms with Crippen LogP contribution in [0.25, 0.3) is 0 Å². The maximum Gasteiger partial charge on any atom is 0.448 e. The molecule has 0 atom stereocenters. The molecule has 0 amide bonds. The van der Waals surface area contributed by atoms with E-state index in [1.54, 1.807) is 11.8 Å². The van der Waals surface area contributed by atoms with Gasteiger partial charge in [-0.3, -0.25) is 4.79 Å². The normalized spacial score (nSPS) is 10.9. The molecule has 0 radical (unpaired) electrons. The van der Waals surface area contributed by atoms with Crippen molar-refractivity contribution in [2.75, 3.05) is 19.6 Å². The second kappa shape index (κ2) is 21.3. The van der Waals surface area contributed by atoms with Gasteiger partial charge < -0.3 is 8.92 Å². The number of rotatable bonds is 18. The Morgan fingerprint density at radius 1 is 0.758 bits per heavy atom. The monoisotopic (exact) mass is 504 g/mol. The summed E-state index contributed by atoms with van der Waals surface area (Å²) in [6.45, 7) is 2.25. The van der Waals surface area contributed by atoms with Gasteiger partial charge in [-0.1, -0.05) is 84.0 Å². The smallest absolute Gasteiger partial charge is 0.427 e. The summed E-state index contributed by atoms with van der Waals surface area (Å²) >= 11 is 1.75. The van der Waals surface area contributed by atoms with Crippen molar-refractivity contribution in [1.29, 1.82) is 0 Å². The fourth-order valence-electron chi connectivity index (χ4n) is 3.18. The number of carbonyl (C=O) groups is 1. The van der Waals surface area contributed by atoms with Gasteiger partial charge in [0.1, 0.15) is 11.5 Å². The first kappa shape index (κ1) is 31.8. The Bertz CT molecular complexity index is 689. The summed E-state index contributed by atoms with van der Waals surface area (Å²) in [5.74, 6) is 0.168. The number of esters is 1. The summed E-state index contributed by atoms with van der Waals surface area (Å²) in [5.41, 5.74) is 0. The molecule has 0 N–H and O–H groups in total. The second-order valence-corrected chi connectivity index (χ2v) is 10.1. The fourth-order valence-corrected chi connectivity index (χ4v) is 3.60. The second-order valence-electron chi connectivity index (χ2n) is 8.00. The average Bonchev–Trinajstić information content (AvgIpc) is 2.78. The predicted octanol–water partition coefficient (Wildman–Crippen LogP) is 7.32.